The second-order valence-electron chi connectivity index (χ2n) is 3.85. The third-order valence-corrected chi connectivity index (χ3v) is 4.44. The molecular weight excluding hydrogens is 192 g/mol. The second-order valence-corrected chi connectivity index (χ2v) is 5.07. The number of fused-ring (bicyclic) bond motifs is 1. The van der Waals surface area contributed by atoms with Crippen molar-refractivity contribution in [2.24, 2.45) is 0 Å². The van der Waals surface area contributed by atoms with E-state index in [2.05, 4.69) is 26.0 Å². The third-order valence-electron chi connectivity index (χ3n) is 2.96. The Balaban J connectivity index is 2.41. The summed E-state index contributed by atoms with van der Waals surface area (Å²) in [6.45, 7) is 4.26. The number of aliphatic hydroxyl groups is 1. The molecule has 0 saturated heterocycles. The molecule has 0 aliphatic carbocycles. The Hall–Kier alpha value is -0.470. The van der Waals surface area contributed by atoms with Gasteiger partial charge in [0, 0.05) is 11.0 Å². The Morgan fingerprint density at radius 3 is 3.00 bits per heavy atom. The van der Waals surface area contributed by atoms with Crippen molar-refractivity contribution in [2.75, 3.05) is 0 Å². The van der Waals surface area contributed by atoms with Gasteiger partial charge in [0.05, 0.1) is 6.10 Å². The zero-order valence-electron chi connectivity index (χ0n) is 8.66. The number of hydrogen-bond acceptors (Lipinski definition) is 2. The molecule has 0 amide bonds. The van der Waals surface area contributed by atoms with Gasteiger partial charge in [-0.25, -0.2) is 0 Å². The Morgan fingerprint density at radius 2 is 2.29 bits per heavy atom. The number of rotatable bonds is 1. The first-order valence-corrected chi connectivity index (χ1v) is 6.17. The fourth-order valence-electron chi connectivity index (χ4n) is 2.02. The summed E-state index contributed by atoms with van der Waals surface area (Å²) in [5.41, 5.74) is 3.80. The summed E-state index contributed by atoms with van der Waals surface area (Å²) in [5, 5.41) is 10.5. The van der Waals surface area contributed by atoms with Gasteiger partial charge in [0.2, 0.25) is 0 Å². The SMILES string of the molecule is CCC1SCc2c(C)cccc2C1O. The standard InChI is InChI=1S/C12H16OS/c1-3-11-12(13)9-6-4-5-8(2)10(9)7-14-11/h4-6,11-13H,3,7H2,1-2H3. The van der Waals surface area contributed by atoms with E-state index in [0.29, 0.717) is 5.25 Å². The third kappa shape index (κ3) is 1.57. The zero-order chi connectivity index (χ0) is 10.1. The van der Waals surface area contributed by atoms with Crippen LogP contribution < -0.4 is 0 Å². The first kappa shape index (κ1) is 10.1. The summed E-state index contributed by atoms with van der Waals surface area (Å²) in [6, 6.07) is 6.23. The van der Waals surface area contributed by atoms with E-state index in [-0.39, 0.29) is 6.10 Å². The summed E-state index contributed by atoms with van der Waals surface area (Å²) in [6.07, 6.45) is 0.771. The van der Waals surface area contributed by atoms with Gasteiger partial charge in [0.25, 0.3) is 0 Å². The van der Waals surface area contributed by atoms with Crippen LogP contribution >= 0.6 is 11.8 Å². The molecule has 0 saturated carbocycles. The van der Waals surface area contributed by atoms with E-state index in [1.54, 1.807) is 0 Å². The minimum atomic E-state index is -0.270. The summed E-state index contributed by atoms with van der Waals surface area (Å²) in [5.74, 6) is 1.05. The van der Waals surface area contributed by atoms with Gasteiger partial charge in [-0.05, 0) is 30.0 Å². The van der Waals surface area contributed by atoms with Crippen LogP contribution in [0.1, 0.15) is 36.1 Å². The highest BCUT2D eigenvalue weighted by molar-refractivity contribution is 7.99. The van der Waals surface area contributed by atoms with Crippen molar-refractivity contribution in [2.45, 2.75) is 37.4 Å². The van der Waals surface area contributed by atoms with Gasteiger partial charge >= 0.3 is 0 Å². The molecule has 0 aromatic heterocycles. The van der Waals surface area contributed by atoms with Crippen LogP contribution in [0.2, 0.25) is 0 Å². The van der Waals surface area contributed by atoms with E-state index in [4.69, 9.17) is 0 Å². The summed E-state index contributed by atoms with van der Waals surface area (Å²) < 4.78 is 0. The van der Waals surface area contributed by atoms with Crippen molar-refractivity contribution >= 4 is 11.8 Å². The quantitative estimate of drug-likeness (QED) is 0.765. The molecule has 2 heteroatoms. The van der Waals surface area contributed by atoms with E-state index < -0.39 is 0 Å². The van der Waals surface area contributed by atoms with Crippen molar-refractivity contribution in [3.8, 4) is 0 Å². The van der Waals surface area contributed by atoms with Crippen LogP contribution in [0.3, 0.4) is 0 Å². The maximum atomic E-state index is 10.1. The fourth-order valence-corrected chi connectivity index (χ4v) is 3.36. The summed E-state index contributed by atoms with van der Waals surface area (Å²) in [4.78, 5) is 0. The number of aliphatic hydroxyl groups excluding tert-OH is 1. The lowest BCUT2D eigenvalue weighted by atomic mass is 9.96. The van der Waals surface area contributed by atoms with Gasteiger partial charge < -0.3 is 5.11 Å². The van der Waals surface area contributed by atoms with Crippen molar-refractivity contribution in [1.82, 2.24) is 0 Å². The van der Waals surface area contributed by atoms with Crippen LogP contribution in [0, 0.1) is 6.92 Å². The molecule has 1 aromatic rings. The lowest BCUT2D eigenvalue weighted by molar-refractivity contribution is 0.170. The maximum Gasteiger partial charge on any atom is 0.0911 e. The largest absolute Gasteiger partial charge is 0.387 e. The smallest absolute Gasteiger partial charge is 0.0911 e. The molecule has 2 atom stereocenters. The predicted molar refractivity (Wildman–Crippen MR) is 61.5 cm³/mol. The van der Waals surface area contributed by atoms with E-state index in [1.165, 1.54) is 11.1 Å². The van der Waals surface area contributed by atoms with E-state index in [0.717, 1.165) is 17.7 Å². The molecule has 1 N–H and O–H groups in total. The predicted octanol–water partition coefficient (Wildman–Crippen LogP) is 3.05. The molecule has 1 aliphatic heterocycles. The minimum absolute atomic E-state index is 0.270. The molecule has 1 nitrogen and oxygen atoms in total. The molecule has 0 spiro atoms. The van der Waals surface area contributed by atoms with Crippen molar-refractivity contribution in [3.05, 3.63) is 34.9 Å². The number of thioether (sulfide) groups is 1. The van der Waals surface area contributed by atoms with Crippen molar-refractivity contribution in [3.63, 3.8) is 0 Å². The number of hydrogen-bond donors (Lipinski definition) is 1. The fraction of sp³-hybridized carbons (Fsp3) is 0.500. The molecule has 76 valence electrons. The first-order valence-electron chi connectivity index (χ1n) is 5.12. The molecule has 2 unspecified atom stereocenters. The topological polar surface area (TPSA) is 20.2 Å². The van der Waals surface area contributed by atoms with Crippen LogP contribution in [0.25, 0.3) is 0 Å². The van der Waals surface area contributed by atoms with E-state index in [9.17, 15) is 5.11 Å². The lowest BCUT2D eigenvalue weighted by Gasteiger charge is -2.29. The molecule has 2 rings (SSSR count). The van der Waals surface area contributed by atoms with Gasteiger partial charge in [0.15, 0.2) is 0 Å². The lowest BCUT2D eigenvalue weighted by Crippen LogP contribution is -2.20. The van der Waals surface area contributed by atoms with Gasteiger partial charge in [0.1, 0.15) is 0 Å². The molecule has 1 heterocycles. The van der Waals surface area contributed by atoms with Crippen LogP contribution in [0.5, 0.6) is 0 Å². The molecule has 0 fully saturated rings. The Kier molecular flexibility index (Phi) is 2.84. The highest BCUT2D eigenvalue weighted by Gasteiger charge is 2.27. The molecule has 0 bridgehead atoms. The van der Waals surface area contributed by atoms with Crippen molar-refractivity contribution < 1.29 is 5.11 Å². The molecular formula is C12H16OS. The maximum absolute atomic E-state index is 10.1. The molecule has 1 aromatic carbocycles. The van der Waals surface area contributed by atoms with Crippen LogP contribution in [-0.2, 0) is 5.75 Å². The van der Waals surface area contributed by atoms with Gasteiger partial charge in [-0.15, -0.1) is 0 Å². The van der Waals surface area contributed by atoms with Crippen LogP contribution in [-0.4, -0.2) is 10.4 Å². The van der Waals surface area contributed by atoms with Gasteiger partial charge in [-0.3, -0.25) is 0 Å². The molecule has 1 aliphatic rings. The first-order chi connectivity index (χ1) is 6.74. The van der Waals surface area contributed by atoms with E-state index in [1.807, 2.05) is 17.8 Å². The number of benzene rings is 1. The second kappa shape index (κ2) is 3.95. The molecule has 14 heavy (non-hydrogen) atoms. The highest BCUT2D eigenvalue weighted by Crippen LogP contribution is 2.39. The van der Waals surface area contributed by atoms with Gasteiger partial charge in [-0.2, -0.15) is 11.8 Å². The highest BCUT2D eigenvalue weighted by atomic mass is 32.2. The van der Waals surface area contributed by atoms with Crippen molar-refractivity contribution in [1.29, 1.82) is 0 Å². The Bertz CT molecular complexity index is 335. The monoisotopic (exact) mass is 208 g/mol. The summed E-state index contributed by atoms with van der Waals surface area (Å²) >= 11 is 1.88. The average Bonchev–Trinajstić information content (AvgIpc) is 2.20. The Labute approximate surface area is 89.5 Å². The van der Waals surface area contributed by atoms with Crippen LogP contribution in [0.15, 0.2) is 18.2 Å². The minimum Gasteiger partial charge on any atom is -0.387 e. The number of aryl methyl sites for hydroxylation is 1. The summed E-state index contributed by atoms with van der Waals surface area (Å²) in [7, 11) is 0. The zero-order valence-corrected chi connectivity index (χ0v) is 9.47. The average molecular weight is 208 g/mol. The van der Waals surface area contributed by atoms with E-state index >= 15 is 0 Å². The molecule has 0 radical (unpaired) electrons. The Morgan fingerprint density at radius 1 is 1.50 bits per heavy atom. The van der Waals surface area contributed by atoms with Gasteiger partial charge in [-0.1, -0.05) is 25.1 Å². The normalized spacial score (nSPS) is 25.9. The van der Waals surface area contributed by atoms with Crippen LogP contribution in [0.4, 0.5) is 0 Å².